The van der Waals surface area contributed by atoms with E-state index in [1.54, 1.807) is 0 Å². The molecule has 38 heavy (non-hydrogen) atoms. The van der Waals surface area contributed by atoms with Gasteiger partial charge >= 0.3 is 0 Å². The lowest BCUT2D eigenvalue weighted by molar-refractivity contribution is 0.881. The van der Waals surface area contributed by atoms with Crippen LogP contribution in [0.2, 0.25) is 21.1 Å². The Kier molecular flexibility index (Phi) is 8.14. The molecule has 0 atom stereocenters. The van der Waals surface area contributed by atoms with Crippen LogP contribution in [0.1, 0.15) is 11.1 Å². The number of halogens is 4. The van der Waals surface area contributed by atoms with Gasteiger partial charge in [-0.15, -0.1) is 0 Å². The minimum Gasteiger partial charge on any atom is -0.306 e. The van der Waals surface area contributed by atoms with E-state index in [1.807, 2.05) is 94.7 Å². The molecule has 12 heteroatoms. The van der Waals surface area contributed by atoms with E-state index in [2.05, 4.69) is 29.9 Å². The summed E-state index contributed by atoms with van der Waals surface area (Å²) < 4.78 is 0. The number of nitrogens with zero attached hydrogens (tertiary/aromatic N) is 8. The number of anilines is 4. The van der Waals surface area contributed by atoms with Crippen molar-refractivity contribution in [3.63, 3.8) is 0 Å². The second kappa shape index (κ2) is 11.9. The summed E-state index contributed by atoms with van der Waals surface area (Å²) in [6.07, 6.45) is 0. The molecule has 5 rings (SSSR count). The number of hydrogen-bond acceptors (Lipinski definition) is 8. The Hall–Kier alpha value is -3.56. The Morgan fingerprint density at radius 1 is 0.447 bits per heavy atom. The summed E-state index contributed by atoms with van der Waals surface area (Å²) >= 11 is 24.5. The first-order chi connectivity index (χ1) is 18.4. The van der Waals surface area contributed by atoms with Crippen LogP contribution in [0.15, 0.2) is 84.9 Å². The van der Waals surface area contributed by atoms with Gasteiger partial charge in [0.2, 0.25) is 33.0 Å². The lowest BCUT2D eigenvalue weighted by atomic mass is 10.1. The van der Waals surface area contributed by atoms with Gasteiger partial charge in [-0.2, -0.15) is 29.9 Å². The van der Waals surface area contributed by atoms with Gasteiger partial charge < -0.3 is 9.80 Å². The quantitative estimate of drug-likeness (QED) is 0.187. The maximum absolute atomic E-state index is 6.14. The van der Waals surface area contributed by atoms with Crippen LogP contribution >= 0.6 is 46.4 Å². The lowest BCUT2D eigenvalue weighted by Gasteiger charge is -2.27. The van der Waals surface area contributed by atoms with Crippen molar-refractivity contribution in [1.82, 2.24) is 29.9 Å². The normalized spacial score (nSPS) is 10.8. The van der Waals surface area contributed by atoms with Crippen molar-refractivity contribution < 1.29 is 0 Å². The van der Waals surface area contributed by atoms with Crippen molar-refractivity contribution in [3.05, 3.63) is 117 Å². The van der Waals surface area contributed by atoms with E-state index in [1.165, 1.54) is 0 Å². The Balaban J connectivity index is 1.60. The van der Waals surface area contributed by atoms with Crippen molar-refractivity contribution >= 4 is 69.7 Å². The summed E-state index contributed by atoms with van der Waals surface area (Å²) in [5.41, 5.74) is 3.61. The molecule has 5 aromatic rings. The van der Waals surface area contributed by atoms with Gasteiger partial charge in [0.1, 0.15) is 0 Å². The lowest BCUT2D eigenvalue weighted by Crippen LogP contribution is -2.22. The maximum atomic E-state index is 6.14. The molecule has 0 saturated heterocycles. The molecule has 0 N–H and O–H groups in total. The topological polar surface area (TPSA) is 83.8 Å². The fourth-order valence-electron chi connectivity index (χ4n) is 3.79. The van der Waals surface area contributed by atoms with Crippen molar-refractivity contribution in [2.24, 2.45) is 0 Å². The first-order valence-electron chi connectivity index (χ1n) is 11.3. The van der Waals surface area contributed by atoms with Crippen LogP contribution in [-0.4, -0.2) is 29.9 Å². The van der Waals surface area contributed by atoms with Gasteiger partial charge in [0.15, 0.2) is 0 Å². The van der Waals surface area contributed by atoms with Crippen LogP contribution in [0.5, 0.6) is 0 Å². The zero-order valence-corrected chi connectivity index (χ0v) is 22.6. The third-order valence-electron chi connectivity index (χ3n) is 5.44. The highest BCUT2D eigenvalue weighted by atomic mass is 35.5. The van der Waals surface area contributed by atoms with E-state index in [0.29, 0.717) is 25.0 Å². The molecule has 0 aliphatic carbocycles. The molecule has 3 aromatic carbocycles. The van der Waals surface area contributed by atoms with E-state index in [0.717, 1.165) is 22.5 Å². The molecule has 0 bridgehead atoms. The van der Waals surface area contributed by atoms with Crippen LogP contribution < -0.4 is 9.80 Å². The minimum atomic E-state index is -0.00519. The summed E-state index contributed by atoms with van der Waals surface area (Å²) in [6, 6.07) is 27.6. The van der Waals surface area contributed by atoms with Gasteiger partial charge in [0.05, 0.1) is 13.1 Å². The van der Waals surface area contributed by atoms with E-state index >= 15 is 0 Å². The van der Waals surface area contributed by atoms with E-state index in [4.69, 9.17) is 46.4 Å². The highest BCUT2D eigenvalue weighted by Crippen LogP contribution is 2.33. The predicted molar refractivity (Wildman–Crippen MR) is 151 cm³/mol. The highest BCUT2D eigenvalue weighted by molar-refractivity contribution is 6.31. The second-order valence-electron chi connectivity index (χ2n) is 8.01. The molecule has 8 nitrogen and oxygen atoms in total. The van der Waals surface area contributed by atoms with Gasteiger partial charge in [-0.3, -0.25) is 0 Å². The van der Waals surface area contributed by atoms with Crippen LogP contribution in [0.3, 0.4) is 0 Å². The van der Waals surface area contributed by atoms with E-state index < -0.39 is 0 Å². The average Bonchev–Trinajstić information content (AvgIpc) is 2.90. The molecule has 0 radical (unpaired) electrons. The number of benzene rings is 3. The Morgan fingerprint density at radius 2 is 0.816 bits per heavy atom. The van der Waals surface area contributed by atoms with Gasteiger partial charge in [-0.1, -0.05) is 66.7 Å². The molecule has 2 heterocycles. The van der Waals surface area contributed by atoms with E-state index in [9.17, 15) is 0 Å². The van der Waals surface area contributed by atoms with Crippen molar-refractivity contribution in [3.8, 4) is 0 Å². The first-order valence-corrected chi connectivity index (χ1v) is 12.8. The Morgan fingerprint density at radius 3 is 1.18 bits per heavy atom. The second-order valence-corrected chi connectivity index (χ2v) is 9.36. The number of rotatable bonds is 8. The first kappa shape index (κ1) is 26.1. The summed E-state index contributed by atoms with van der Waals surface area (Å²) in [5, 5.41) is -0.0208. The third kappa shape index (κ3) is 6.46. The highest BCUT2D eigenvalue weighted by Gasteiger charge is 2.20. The molecule has 2 aromatic heterocycles. The van der Waals surface area contributed by atoms with Crippen LogP contribution in [0, 0.1) is 0 Å². The predicted octanol–water partition coefficient (Wildman–Crippen LogP) is 7.35. The van der Waals surface area contributed by atoms with Crippen LogP contribution in [-0.2, 0) is 13.1 Å². The monoisotopic (exact) mass is 582 g/mol. The summed E-state index contributed by atoms with van der Waals surface area (Å²) in [5.74, 6) is 0.605. The molecule has 0 aliphatic rings. The molecule has 0 fully saturated rings. The zero-order chi connectivity index (χ0) is 26.5. The van der Waals surface area contributed by atoms with Gasteiger partial charge in [0.25, 0.3) is 0 Å². The summed E-state index contributed by atoms with van der Waals surface area (Å²) in [7, 11) is 0. The molecular weight excluding hydrogens is 566 g/mol. The smallest absolute Gasteiger partial charge is 0.235 e. The molecule has 0 amide bonds. The van der Waals surface area contributed by atoms with Crippen molar-refractivity contribution in [1.29, 1.82) is 0 Å². The fraction of sp³-hybridized carbons (Fsp3) is 0.0769. The van der Waals surface area contributed by atoms with Crippen LogP contribution in [0.25, 0.3) is 0 Å². The van der Waals surface area contributed by atoms with Gasteiger partial charge in [-0.25, -0.2) is 0 Å². The summed E-state index contributed by atoms with van der Waals surface area (Å²) in [4.78, 5) is 28.9. The molecule has 0 aliphatic heterocycles. The van der Waals surface area contributed by atoms with Crippen LogP contribution in [0.4, 0.5) is 23.3 Å². The standard InChI is InChI=1S/C26H18Cl4N8/c27-21-31-22(28)34-25(33-21)37(15-17-8-3-1-4-9-17)19-12-7-13-20(14-19)38(16-18-10-5-2-6-11-18)26-35-23(29)32-24(30)36-26/h1-14H,15-16H2. The number of aromatic nitrogens is 6. The van der Waals surface area contributed by atoms with Gasteiger partial charge in [-0.05, 0) is 75.7 Å². The molecule has 0 spiro atoms. The zero-order valence-electron chi connectivity index (χ0n) is 19.6. The molecular formula is C26H18Cl4N8. The Labute approximate surface area is 238 Å². The van der Waals surface area contributed by atoms with Crippen molar-refractivity contribution in [2.75, 3.05) is 9.80 Å². The third-order valence-corrected chi connectivity index (χ3v) is 6.12. The molecule has 0 unspecified atom stereocenters. The fourth-order valence-corrected chi connectivity index (χ4v) is 4.50. The largest absolute Gasteiger partial charge is 0.306 e. The number of hydrogen-bond donors (Lipinski definition) is 0. The maximum Gasteiger partial charge on any atom is 0.235 e. The van der Waals surface area contributed by atoms with Crippen molar-refractivity contribution in [2.45, 2.75) is 13.1 Å². The molecule has 0 saturated carbocycles. The summed E-state index contributed by atoms with van der Waals surface area (Å²) in [6.45, 7) is 0.895. The van der Waals surface area contributed by atoms with E-state index in [-0.39, 0.29) is 21.1 Å². The Bertz CT molecular complexity index is 1390. The molecule has 190 valence electrons. The average molecular weight is 584 g/mol. The SMILES string of the molecule is Clc1nc(Cl)nc(N(Cc2ccccc2)c2cccc(N(Cc3ccccc3)c3nc(Cl)nc(Cl)n3)c2)n1. The minimum absolute atomic E-state index is 0.00519. The van der Waals surface area contributed by atoms with Gasteiger partial charge in [0, 0.05) is 11.4 Å².